The van der Waals surface area contributed by atoms with Crippen LogP contribution < -0.4 is 5.32 Å². The fourth-order valence-corrected chi connectivity index (χ4v) is 2.02. The van der Waals surface area contributed by atoms with Gasteiger partial charge < -0.3 is 10.1 Å². The van der Waals surface area contributed by atoms with Crippen molar-refractivity contribution in [1.82, 2.24) is 10.4 Å². The van der Waals surface area contributed by atoms with Crippen LogP contribution in [0, 0.1) is 6.92 Å². The van der Waals surface area contributed by atoms with Gasteiger partial charge in [-0.25, -0.2) is 9.86 Å². The van der Waals surface area contributed by atoms with Crippen molar-refractivity contribution < 1.29 is 19.2 Å². The normalized spacial score (nSPS) is 12.4. The van der Waals surface area contributed by atoms with E-state index in [0.29, 0.717) is 6.42 Å². The highest BCUT2D eigenvalue weighted by atomic mass is 16.7. The second kappa shape index (κ2) is 7.97. The van der Waals surface area contributed by atoms with Crippen LogP contribution >= 0.6 is 0 Å². The number of benzene rings is 1. The Bertz CT molecular complexity index is 552. The molecular formula is C17H26N2O4. The third-order valence-corrected chi connectivity index (χ3v) is 3.26. The standard InChI is InChI=1S/C17H26N2O4/c1-12-9-7-8-10-13(12)11-14(15(20)19(5)22-6)18-16(21)23-17(2,3)4/h7-10,14H,11H2,1-6H3,(H,18,21). The maximum Gasteiger partial charge on any atom is 0.408 e. The maximum absolute atomic E-state index is 12.4. The van der Waals surface area contributed by atoms with E-state index in [0.717, 1.165) is 16.2 Å². The van der Waals surface area contributed by atoms with Crippen LogP contribution in [0.2, 0.25) is 0 Å². The Labute approximate surface area is 137 Å². The minimum absolute atomic E-state index is 0.346. The Hall–Kier alpha value is -2.08. The molecule has 0 bridgehead atoms. The van der Waals surface area contributed by atoms with Gasteiger partial charge in [0.05, 0.1) is 7.11 Å². The number of carbonyl (C=O) groups excluding carboxylic acids is 2. The smallest absolute Gasteiger partial charge is 0.408 e. The van der Waals surface area contributed by atoms with Gasteiger partial charge in [0.2, 0.25) is 0 Å². The predicted octanol–water partition coefficient (Wildman–Crippen LogP) is 2.45. The summed E-state index contributed by atoms with van der Waals surface area (Å²) in [5, 5.41) is 3.73. The molecular weight excluding hydrogens is 296 g/mol. The quantitative estimate of drug-likeness (QED) is 0.846. The molecule has 1 unspecified atom stereocenters. The topological polar surface area (TPSA) is 67.9 Å². The van der Waals surface area contributed by atoms with Gasteiger partial charge in [0, 0.05) is 13.5 Å². The third-order valence-electron chi connectivity index (χ3n) is 3.26. The van der Waals surface area contributed by atoms with E-state index in [1.807, 2.05) is 31.2 Å². The van der Waals surface area contributed by atoms with Crippen LogP contribution in [0.25, 0.3) is 0 Å². The van der Waals surface area contributed by atoms with Gasteiger partial charge >= 0.3 is 6.09 Å². The molecule has 1 N–H and O–H groups in total. The van der Waals surface area contributed by atoms with Gasteiger partial charge in [0.15, 0.2) is 0 Å². The first-order chi connectivity index (χ1) is 10.6. The molecule has 1 rings (SSSR count). The minimum Gasteiger partial charge on any atom is -0.444 e. The first kappa shape index (κ1) is 19.0. The van der Waals surface area contributed by atoms with Crippen molar-refractivity contribution in [2.24, 2.45) is 0 Å². The summed E-state index contributed by atoms with van der Waals surface area (Å²) in [6, 6.07) is 6.95. The molecule has 0 aliphatic rings. The van der Waals surface area contributed by atoms with E-state index in [9.17, 15) is 9.59 Å². The summed E-state index contributed by atoms with van der Waals surface area (Å²) in [5.74, 6) is -0.346. The number of alkyl carbamates (subject to hydrolysis) is 1. The molecule has 0 aliphatic heterocycles. The molecule has 1 atom stereocenters. The Morgan fingerprint density at radius 1 is 1.26 bits per heavy atom. The van der Waals surface area contributed by atoms with Crippen molar-refractivity contribution in [1.29, 1.82) is 0 Å². The van der Waals surface area contributed by atoms with E-state index in [1.54, 1.807) is 20.8 Å². The van der Waals surface area contributed by atoms with Gasteiger partial charge in [0.1, 0.15) is 11.6 Å². The fraction of sp³-hybridized carbons (Fsp3) is 0.529. The SMILES string of the molecule is CON(C)C(=O)C(Cc1ccccc1C)NC(=O)OC(C)(C)C. The molecule has 0 saturated heterocycles. The first-order valence-electron chi connectivity index (χ1n) is 7.49. The molecule has 1 aromatic carbocycles. The van der Waals surface area contributed by atoms with E-state index in [-0.39, 0.29) is 5.91 Å². The fourth-order valence-electron chi connectivity index (χ4n) is 2.02. The third kappa shape index (κ3) is 6.28. The minimum atomic E-state index is -0.768. The lowest BCUT2D eigenvalue weighted by molar-refractivity contribution is -0.171. The van der Waals surface area contributed by atoms with Crippen LogP contribution in [0.15, 0.2) is 24.3 Å². The molecule has 6 nitrogen and oxygen atoms in total. The summed E-state index contributed by atoms with van der Waals surface area (Å²) in [6.07, 6.45) is -0.271. The molecule has 6 heteroatoms. The molecule has 0 spiro atoms. The van der Waals surface area contributed by atoms with Gasteiger partial charge in [-0.05, 0) is 38.8 Å². The Morgan fingerprint density at radius 2 is 1.87 bits per heavy atom. The van der Waals surface area contributed by atoms with Gasteiger partial charge in [-0.1, -0.05) is 24.3 Å². The molecule has 0 fully saturated rings. The number of ether oxygens (including phenoxy) is 1. The zero-order valence-electron chi connectivity index (χ0n) is 14.7. The molecule has 0 aliphatic carbocycles. The molecule has 0 radical (unpaired) electrons. The van der Waals surface area contributed by atoms with E-state index < -0.39 is 17.7 Å². The average Bonchev–Trinajstić information content (AvgIpc) is 2.45. The van der Waals surface area contributed by atoms with Gasteiger partial charge in [-0.2, -0.15) is 0 Å². The summed E-state index contributed by atoms with van der Waals surface area (Å²) in [5.41, 5.74) is 1.40. The van der Waals surface area contributed by atoms with Crippen LogP contribution in [0.3, 0.4) is 0 Å². The summed E-state index contributed by atoms with van der Waals surface area (Å²) in [6.45, 7) is 7.27. The van der Waals surface area contributed by atoms with Crippen LogP contribution in [0.5, 0.6) is 0 Å². The number of nitrogens with zero attached hydrogens (tertiary/aromatic N) is 1. The molecule has 1 aromatic rings. The zero-order valence-corrected chi connectivity index (χ0v) is 14.7. The number of hydrogen-bond donors (Lipinski definition) is 1. The molecule has 2 amide bonds. The van der Waals surface area contributed by atoms with Gasteiger partial charge in [-0.3, -0.25) is 9.63 Å². The van der Waals surface area contributed by atoms with Gasteiger partial charge in [0.25, 0.3) is 5.91 Å². The van der Waals surface area contributed by atoms with Crippen molar-refractivity contribution >= 4 is 12.0 Å². The summed E-state index contributed by atoms with van der Waals surface area (Å²) in [7, 11) is 2.90. The number of amides is 2. The van der Waals surface area contributed by atoms with Crippen LogP contribution in [0.1, 0.15) is 31.9 Å². The number of rotatable bonds is 5. The number of hydroxylamine groups is 2. The lowest BCUT2D eigenvalue weighted by Gasteiger charge is -2.25. The van der Waals surface area contributed by atoms with Crippen molar-refractivity contribution in [3.05, 3.63) is 35.4 Å². The summed E-state index contributed by atoms with van der Waals surface area (Å²) >= 11 is 0. The number of carbonyl (C=O) groups is 2. The van der Waals surface area contributed by atoms with Crippen molar-refractivity contribution in [2.75, 3.05) is 14.2 Å². The summed E-state index contributed by atoms with van der Waals surface area (Å²) < 4.78 is 5.24. The van der Waals surface area contributed by atoms with E-state index in [4.69, 9.17) is 9.57 Å². The lowest BCUT2D eigenvalue weighted by atomic mass is 10.0. The Balaban J connectivity index is 2.92. The lowest BCUT2D eigenvalue weighted by Crippen LogP contribution is -2.49. The Morgan fingerprint density at radius 3 is 2.39 bits per heavy atom. The second-order valence-electron chi connectivity index (χ2n) is 6.35. The predicted molar refractivity (Wildman–Crippen MR) is 87.8 cm³/mol. The highest BCUT2D eigenvalue weighted by Gasteiger charge is 2.27. The van der Waals surface area contributed by atoms with Crippen LogP contribution in [0.4, 0.5) is 4.79 Å². The molecule has 0 heterocycles. The number of likely N-dealkylation sites (N-methyl/N-ethyl adjacent to an activating group) is 1. The van der Waals surface area contributed by atoms with Crippen LogP contribution in [-0.4, -0.2) is 42.9 Å². The number of hydrogen-bond acceptors (Lipinski definition) is 4. The number of aryl methyl sites for hydroxylation is 1. The van der Waals surface area contributed by atoms with E-state index in [2.05, 4.69) is 5.32 Å². The molecule has 0 aromatic heterocycles. The average molecular weight is 322 g/mol. The molecule has 0 saturated carbocycles. The molecule has 128 valence electrons. The summed E-state index contributed by atoms with van der Waals surface area (Å²) in [4.78, 5) is 29.4. The highest BCUT2D eigenvalue weighted by molar-refractivity contribution is 5.85. The first-order valence-corrected chi connectivity index (χ1v) is 7.49. The highest BCUT2D eigenvalue weighted by Crippen LogP contribution is 2.12. The monoisotopic (exact) mass is 322 g/mol. The second-order valence-corrected chi connectivity index (χ2v) is 6.35. The Kier molecular flexibility index (Phi) is 6.57. The van der Waals surface area contributed by atoms with Crippen molar-refractivity contribution in [2.45, 2.75) is 45.8 Å². The largest absolute Gasteiger partial charge is 0.444 e. The maximum atomic E-state index is 12.4. The van der Waals surface area contributed by atoms with Crippen LogP contribution in [-0.2, 0) is 20.8 Å². The van der Waals surface area contributed by atoms with E-state index in [1.165, 1.54) is 14.2 Å². The number of nitrogens with one attached hydrogen (secondary N) is 1. The van der Waals surface area contributed by atoms with Crippen molar-refractivity contribution in [3.8, 4) is 0 Å². The van der Waals surface area contributed by atoms with E-state index >= 15 is 0 Å². The van der Waals surface area contributed by atoms with Gasteiger partial charge in [-0.15, -0.1) is 0 Å². The van der Waals surface area contributed by atoms with Crippen molar-refractivity contribution in [3.63, 3.8) is 0 Å². The molecule has 23 heavy (non-hydrogen) atoms. The zero-order chi connectivity index (χ0) is 17.6.